The van der Waals surface area contributed by atoms with Gasteiger partial charge in [0.2, 0.25) is 0 Å². The van der Waals surface area contributed by atoms with Gasteiger partial charge in [0.15, 0.2) is 5.13 Å². The number of rotatable bonds is 8. The molecule has 1 aromatic heterocycles. The van der Waals surface area contributed by atoms with Crippen molar-refractivity contribution in [2.45, 2.75) is 12.6 Å². The summed E-state index contributed by atoms with van der Waals surface area (Å²) in [5.41, 5.74) is -0.395. The molecule has 10 heteroatoms. The molecule has 0 aliphatic rings. The van der Waals surface area contributed by atoms with Gasteiger partial charge in [-0.15, -0.1) is 0 Å². The first kappa shape index (κ1) is 23.8. The van der Waals surface area contributed by atoms with E-state index < -0.39 is 17.6 Å². The Kier molecular flexibility index (Phi) is 7.25. The van der Waals surface area contributed by atoms with E-state index >= 15 is 0 Å². The molecule has 0 spiro atoms. The summed E-state index contributed by atoms with van der Waals surface area (Å²) in [6.07, 6.45) is -3.93. The summed E-state index contributed by atoms with van der Waals surface area (Å²) < 4.78 is 51.0. The van der Waals surface area contributed by atoms with Crippen molar-refractivity contribution >= 4 is 32.6 Å². The number of hydrogen-bond acceptors (Lipinski definition) is 6. The Labute approximate surface area is 188 Å². The van der Waals surface area contributed by atoms with Crippen LogP contribution in [0.3, 0.4) is 0 Å². The summed E-state index contributed by atoms with van der Waals surface area (Å²) >= 11 is 1.23. The normalized spacial score (nSPS) is 11.8. The number of ether oxygens (including phenoxy) is 2. The number of hydrogen-bond donors (Lipinski definition) is 0. The van der Waals surface area contributed by atoms with Crippen molar-refractivity contribution in [2.75, 3.05) is 46.3 Å². The van der Waals surface area contributed by atoms with Gasteiger partial charge in [-0.05, 0) is 57.4 Å². The van der Waals surface area contributed by atoms with E-state index in [9.17, 15) is 18.0 Å². The largest absolute Gasteiger partial charge is 0.495 e. The summed E-state index contributed by atoms with van der Waals surface area (Å²) in [5, 5.41) is 0.365. The molecule has 2 aromatic carbocycles. The molecule has 6 nitrogen and oxygen atoms in total. The monoisotopic (exact) mass is 467 g/mol. The summed E-state index contributed by atoms with van der Waals surface area (Å²) in [4.78, 5) is 21.3. The molecular weight excluding hydrogens is 443 g/mol. The van der Waals surface area contributed by atoms with Crippen molar-refractivity contribution in [3.63, 3.8) is 0 Å². The van der Waals surface area contributed by atoms with Crippen LogP contribution in [0.25, 0.3) is 10.2 Å². The molecule has 0 aliphatic heterocycles. The Morgan fingerprint density at radius 3 is 2.38 bits per heavy atom. The maximum Gasteiger partial charge on any atom is 0.416 e. The zero-order valence-corrected chi connectivity index (χ0v) is 19.0. The number of benzene rings is 2. The number of thiazole rings is 1. The number of amides is 1. The average Bonchev–Trinajstić information content (AvgIpc) is 3.20. The van der Waals surface area contributed by atoms with E-state index in [1.807, 2.05) is 19.0 Å². The Morgan fingerprint density at radius 2 is 1.75 bits per heavy atom. The number of anilines is 1. The van der Waals surface area contributed by atoms with Gasteiger partial charge in [-0.1, -0.05) is 17.4 Å². The lowest BCUT2D eigenvalue weighted by Crippen LogP contribution is -2.33. The van der Waals surface area contributed by atoms with Gasteiger partial charge < -0.3 is 14.4 Å². The molecule has 172 valence electrons. The number of alkyl halides is 3. The Hall–Kier alpha value is -2.85. The van der Waals surface area contributed by atoms with E-state index in [4.69, 9.17) is 9.47 Å². The predicted molar refractivity (Wildman–Crippen MR) is 119 cm³/mol. The summed E-state index contributed by atoms with van der Waals surface area (Å²) in [7, 11) is 6.87. The molecule has 3 rings (SSSR count). The number of carbonyl (C=O) groups is 1. The third-order valence-corrected chi connectivity index (χ3v) is 5.89. The van der Waals surface area contributed by atoms with Crippen LogP contribution in [0.15, 0.2) is 36.4 Å². The molecule has 32 heavy (non-hydrogen) atoms. The molecule has 0 atom stereocenters. The number of aromatic nitrogens is 1. The Balaban J connectivity index is 2.06. The highest BCUT2D eigenvalue weighted by atomic mass is 32.1. The van der Waals surface area contributed by atoms with E-state index in [-0.39, 0.29) is 12.1 Å². The van der Waals surface area contributed by atoms with Gasteiger partial charge in [-0.2, -0.15) is 13.2 Å². The second-order valence-electron chi connectivity index (χ2n) is 7.34. The minimum Gasteiger partial charge on any atom is -0.495 e. The Morgan fingerprint density at radius 1 is 1.06 bits per heavy atom. The third kappa shape index (κ3) is 5.13. The van der Waals surface area contributed by atoms with Crippen molar-refractivity contribution in [3.05, 3.63) is 47.5 Å². The van der Waals surface area contributed by atoms with Crippen LogP contribution < -0.4 is 14.4 Å². The highest BCUT2D eigenvalue weighted by Crippen LogP contribution is 2.40. The first-order chi connectivity index (χ1) is 15.2. The smallest absolute Gasteiger partial charge is 0.416 e. The van der Waals surface area contributed by atoms with Gasteiger partial charge in [0.05, 0.1) is 19.8 Å². The van der Waals surface area contributed by atoms with Gasteiger partial charge in [0, 0.05) is 12.1 Å². The quantitative estimate of drug-likeness (QED) is 0.470. The number of methoxy groups -OCH3 is 2. The van der Waals surface area contributed by atoms with Crippen LogP contribution in [-0.2, 0) is 6.18 Å². The summed E-state index contributed by atoms with van der Waals surface area (Å²) in [6, 6.07) is 7.89. The second kappa shape index (κ2) is 9.74. The summed E-state index contributed by atoms with van der Waals surface area (Å²) in [6.45, 7) is 0.988. The van der Waals surface area contributed by atoms with Crippen LogP contribution >= 0.6 is 11.3 Å². The zero-order valence-electron chi connectivity index (χ0n) is 18.2. The third-order valence-electron chi connectivity index (χ3n) is 4.80. The lowest BCUT2D eigenvalue weighted by Gasteiger charge is -2.21. The molecule has 0 saturated heterocycles. The molecule has 0 radical (unpaired) electrons. The fourth-order valence-electron chi connectivity index (χ4n) is 3.20. The van der Waals surface area contributed by atoms with E-state index in [0.29, 0.717) is 39.8 Å². The SMILES string of the molecule is COc1ccc(OC)c2sc(N(CCCN(C)C)C(=O)c3cccc(C(F)(F)F)c3)nc12. The van der Waals surface area contributed by atoms with Gasteiger partial charge in [-0.25, -0.2) is 4.98 Å². The van der Waals surface area contributed by atoms with Crippen LogP contribution in [-0.4, -0.2) is 57.2 Å². The van der Waals surface area contributed by atoms with E-state index in [1.54, 1.807) is 12.1 Å². The van der Waals surface area contributed by atoms with Crippen molar-refractivity contribution < 1.29 is 27.4 Å². The molecule has 0 bridgehead atoms. The molecule has 0 saturated carbocycles. The second-order valence-corrected chi connectivity index (χ2v) is 8.31. The predicted octanol–water partition coefficient (Wildman–Crippen LogP) is 4.93. The van der Waals surface area contributed by atoms with Crippen molar-refractivity contribution in [1.82, 2.24) is 9.88 Å². The maximum atomic E-state index is 13.3. The lowest BCUT2D eigenvalue weighted by molar-refractivity contribution is -0.137. The van der Waals surface area contributed by atoms with Gasteiger partial charge in [0.25, 0.3) is 5.91 Å². The van der Waals surface area contributed by atoms with Crippen molar-refractivity contribution in [3.8, 4) is 11.5 Å². The van der Waals surface area contributed by atoms with E-state index in [0.717, 1.165) is 12.1 Å². The molecule has 3 aromatic rings. The van der Waals surface area contributed by atoms with Crippen LogP contribution in [0.5, 0.6) is 11.5 Å². The van der Waals surface area contributed by atoms with Crippen LogP contribution in [0.1, 0.15) is 22.3 Å². The molecule has 1 amide bonds. The van der Waals surface area contributed by atoms with Gasteiger partial charge in [-0.3, -0.25) is 9.69 Å². The average molecular weight is 468 g/mol. The standard InChI is InChI=1S/C22H24F3N3O3S/c1-27(2)11-6-12-28(20(29)14-7-5-8-15(13-14)22(23,24)25)21-26-18-16(30-3)9-10-17(31-4)19(18)32-21/h5,7-10,13H,6,11-12H2,1-4H3. The topological polar surface area (TPSA) is 54.9 Å². The van der Waals surface area contributed by atoms with E-state index in [1.165, 1.54) is 42.6 Å². The lowest BCUT2D eigenvalue weighted by atomic mass is 10.1. The first-order valence-electron chi connectivity index (χ1n) is 9.81. The van der Waals surface area contributed by atoms with Gasteiger partial charge >= 0.3 is 6.18 Å². The molecule has 0 fully saturated rings. The fraction of sp³-hybridized carbons (Fsp3) is 0.364. The number of fused-ring (bicyclic) bond motifs is 1. The minimum absolute atomic E-state index is 0.0529. The van der Waals surface area contributed by atoms with Crippen LogP contribution in [0.2, 0.25) is 0 Å². The molecule has 1 heterocycles. The number of carbonyl (C=O) groups excluding carboxylic acids is 1. The minimum atomic E-state index is -4.54. The van der Waals surface area contributed by atoms with Crippen LogP contribution in [0.4, 0.5) is 18.3 Å². The van der Waals surface area contributed by atoms with Gasteiger partial charge in [0.1, 0.15) is 21.7 Å². The van der Waals surface area contributed by atoms with Crippen molar-refractivity contribution in [2.24, 2.45) is 0 Å². The fourth-order valence-corrected chi connectivity index (χ4v) is 4.30. The van der Waals surface area contributed by atoms with E-state index in [2.05, 4.69) is 4.98 Å². The highest BCUT2D eigenvalue weighted by Gasteiger charge is 2.32. The number of halogens is 3. The first-order valence-corrected chi connectivity index (χ1v) is 10.6. The van der Waals surface area contributed by atoms with Crippen molar-refractivity contribution in [1.29, 1.82) is 0 Å². The molecule has 0 N–H and O–H groups in total. The zero-order chi connectivity index (χ0) is 23.5. The molecule has 0 aliphatic carbocycles. The van der Waals surface area contributed by atoms with Crippen LogP contribution in [0, 0.1) is 0 Å². The Bertz CT molecular complexity index is 1060. The maximum absolute atomic E-state index is 13.3. The summed E-state index contributed by atoms with van der Waals surface area (Å²) in [5.74, 6) is 0.541. The molecular formula is C22H24F3N3O3S. The molecule has 0 unspecified atom stereocenters. The highest BCUT2D eigenvalue weighted by molar-refractivity contribution is 7.22. The number of nitrogens with zero attached hydrogens (tertiary/aromatic N) is 3.